The molecule has 0 saturated carbocycles. The molecule has 0 nitrogen and oxygen atoms in total. The first kappa shape index (κ1) is 21.2. The smallest absolute Gasteiger partial charge is 0.0437 e. The van der Waals surface area contributed by atoms with Gasteiger partial charge in [-0.3, -0.25) is 0 Å². The third-order valence-electron chi connectivity index (χ3n) is 4.78. The summed E-state index contributed by atoms with van der Waals surface area (Å²) in [6.07, 6.45) is 16.9. The summed E-state index contributed by atoms with van der Waals surface area (Å²) in [5.74, 6) is 0. The second-order valence-corrected chi connectivity index (χ2v) is 8.86. The van der Waals surface area contributed by atoms with Crippen LogP contribution in [0.3, 0.4) is 0 Å². The number of unbranched alkanes of at least 4 members (excludes halogenated alkanes) is 10. The highest BCUT2D eigenvalue weighted by Gasteiger charge is 2.22. The molecule has 0 amide bonds. The van der Waals surface area contributed by atoms with Gasteiger partial charge in [0.25, 0.3) is 0 Å². The van der Waals surface area contributed by atoms with Crippen LogP contribution in [0.1, 0.15) is 112 Å². The fourth-order valence-corrected chi connectivity index (χ4v) is 3.51. The third-order valence-corrected chi connectivity index (χ3v) is 5.77. The minimum absolute atomic E-state index is 0.213. The minimum Gasteiger partial charge on any atom is -0.0808 e. The van der Waals surface area contributed by atoms with E-state index in [0.717, 1.165) is 0 Å². The van der Waals surface area contributed by atoms with Crippen LogP contribution in [0.25, 0.3) is 0 Å². The van der Waals surface area contributed by atoms with Gasteiger partial charge in [0.1, 0.15) is 0 Å². The van der Waals surface area contributed by atoms with Crippen molar-refractivity contribution in [1.82, 2.24) is 0 Å². The SMILES string of the molecule is CCCCCCCCCCCCCC(C)(Br)C(C)=C(C)C. The van der Waals surface area contributed by atoms with Gasteiger partial charge in [-0.15, -0.1) is 0 Å². The van der Waals surface area contributed by atoms with Gasteiger partial charge in [0.15, 0.2) is 0 Å². The number of alkyl halides is 1. The van der Waals surface area contributed by atoms with Crippen LogP contribution in [0, 0.1) is 0 Å². The molecule has 0 heterocycles. The number of hydrogen-bond donors (Lipinski definition) is 0. The third kappa shape index (κ3) is 11.4. The molecule has 0 aromatic rings. The zero-order valence-corrected chi connectivity index (χ0v) is 16.9. The topological polar surface area (TPSA) is 0 Å². The highest BCUT2D eigenvalue weighted by molar-refractivity contribution is 9.10. The molecule has 0 radical (unpaired) electrons. The summed E-state index contributed by atoms with van der Waals surface area (Å²) in [6.45, 7) is 11.3. The Kier molecular flexibility index (Phi) is 12.9. The van der Waals surface area contributed by atoms with Crippen molar-refractivity contribution in [2.45, 2.75) is 116 Å². The highest BCUT2D eigenvalue weighted by Crippen LogP contribution is 2.34. The minimum atomic E-state index is 0.213. The Morgan fingerprint density at radius 3 is 1.48 bits per heavy atom. The summed E-state index contributed by atoms with van der Waals surface area (Å²) >= 11 is 3.91. The fraction of sp³-hybridized carbons (Fsp3) is 0.900. The Morgan fingerprint density at radius 1 is 0.714 bits per heavy atom. The summed E-state index contributed by atoms with van der Waals surface area (Å²) in [5.41, 5.74) is 2.96. The second-order valence-electron chi connectivity index (χ2n) is 7.11. The molecule has 0 aromatic carbocycles. The molecule has 0 saturated heterocycles. The largest absolute Gasteiger partial charge is 0.0808 e. The average Bonchev–Trinajstić information content (AvgIpc) is 2.43. The average molecular weight is 359 g/mol. The molecule has 0 aliphatic heterocycles. The van der Waals surface area contributed by atoms with E-state index >= 15 is 0 Å². The van der Waals surface area contributed by atoms with Crippen LogP contribution in [0.15, 0.2) is 11.1 Å². The molecule has 0 spiro atoms. The molecule has 126 valence electrons. The van der Waals surface area contributed by atoms with Crippen molar-refractivity contribution < 1.29 is 0 Å². The van der Waals surface area contributed by atoms with Crippen molar-refractivity contribution in [3.05, 3.63) is 11.1 Å². The molecule has 1 unspecified atom stereocenters. The van der Waals surface area contributed by atoms with Crippen LogP contribution in [0.5, 0.6) is 0 Å². The van der Waals surface area contributed by atoms with E-state index in [1.54, 1.807) is 0 Å². The van der Waals surface area contributed by atoms with Crippen molar-refractivity contribution in [1.29, 1.82) is 0 Å². The quantitative estimate of drug-likeness (QED) is 0.177. The van der Waals surface area contributed by atoms with Crippen LogP contribution in [0.2, 0.25) is 0 Å². The molecule has 0 bridgehead atoms. The predicted octanol–water partition coefficient (Wildman–Crippen LogP) is 8.20. The molecule has 0 N–H and O–H groups in total. The summed E-state index contributed by atoms with van der Waals surface area (Å²) in [6, 6.07) is 0. The van der Waals surface area contributed by atoms with E-state index in [1.807, 2.05) is 0 Å². The first-order valence-corrected chi connectivity index (χ1v) is 10.0. The van der Waals surface area contributed by atoms with Crippen molar-refractivity contribution in [2.24, 2.45) is 0 Å². The monoisotopic (exact) mass is 358 g/mol. The maximum absolute atomic E-state index is 3.91. The predicted molar refractivity (Wildman–Crippen MR) is 102 cm³/mol. The number of rotatable bonds is 13. The van der Waals surface area contributed by atoms with Crippen LogP contribution in [-0.4, -0.2) is 4.32 Å². The van der Waals surface area contributed by atoms with Gasteiger partial charge in [-0.25, -0.2) is 0 Å². The van der Waals surface area contributed by atoms with Crippen LogP contribution in [0.4, 0.5) is 0 Å². The number of hydrogen-bond acceptors (Lipinski definition) is 0. The Bertz CT molecular complexity index is 272. The Hall–Kier alpha value is 0.220. The molecule has 21 heavy (non-hydrogen) atoms. The first-order valence-electron chi connectivity index (χ1n) is 9.25. The highest BCUT2D eigenvalue weighted by atomic mass is 79.9. The van der Waals surface area contributed by atoms with E-state index in [2.05, 4.69) is 50.5 Å². The molecular formula is C20H39Br. The summed E-state index contributed by atoms with van der Waals surface area (Å²) in [5, 5.41) is 0. The summed E-state index contributed by atoms with van der Waals surface area (Å²) in [7, 11) is 0. The first-order chi connectivity index (χ1) is 9.91. The summed E-state index contributed by atoms with van der Waals surface area (Å²) in [4.78, 5) is 0. The maximum atomic E-state index is 3.91. The lowest BCUT2D eigenvalue weighted by Gasteiger charge is -2.25. The van der Waals surface area contributed by atoms with Gasteiger partial charge in [-0.2, -0.15) is 0 Å². The van der Waals surface area contributed by atoms with Crippen molar-refractivity contribution in [3.63, 3.8) is 0 Å². The molecule has 0 rings (SSSR count). The fourth-order valence-electron chi connectivity index (χ4n) is 2.83. The normalized spacial score (nSPS) is 14.0. The van der Waals surface area contributed by atoms with E-state index in [4.69, 9.17) is 0 Å². The summed E-state index contributed by atoms with van der Waals surface area (Å²) < 4.78 is 0.213. The molecular weight excluding hydrogens is 320 g/mol. The molecule has 1 atom stereocenters. The van der Waals surface area contributed by atoms with Gasteiger partial charge in [-0.1, -0.05) is 105 Å². The van der Waals surface area contributed by atoms with E-state index in [-0.39, 0.29) is 4.32 Å². The van der Waals surface area contributed by atoms with Crippen LogP contribution < -0.4 is 0 Å². The van der Waals surface area contributed by atoms with Gasteiger partial charge in [0.05, 0.1) is 0 Å². The lowest BCUT2D eigenvalue weighted by Crippen LogP contribution is -2.18. The maximum Gasteiger partial charge on any atom is 0.0437 e. The molecule has 0 fully saturated rings. The van der Waals surface area contributed by atoms with Crippen molar-refractivity contribution in [3.8, 4) is 0 Å². The van der Waals surface area contributed by atoms with Gasteiger partial charge in [0, 0.05) is 4.32 Å². The second kappa shape index (κ2) is 12.7. The Balaban J connectivity index is 3.46. The molecule has 0 aliphatic carbocycles. The number of allylic oxidation sites excluding steroid dienone is 2. The van der Waals surface area contributed by atoms with E-state index in [1.165, 1.54) is 88.2 Å². The lowest BCUT2D eigenvalue weighted by atomic mass is 9.92. The van der Waals surface area contributed by atoms with E-state index < -0.39 is 0 Å². The Labute approximate surface area is 143 Å². The van der Waals surface area contributed by atoms with E-state index in [0.29, 0.717) is 0 Å². The van der Waals surface area contributed by atoms with Gasteiger partial charge in [-0.05, 0) is 34.1 Å². The van der Waals surface area contributed by atoms with Gasteiger partial charge in [0.2, 0.25) is 0 Å². The lowest BCUT2D eigenvalue weighted by molar-refractivity contribution is 0.530. The zero-order chi connectivity index (χ0) is 16.1. The van der Waals surface area contributed by atoms with Crippen LogP contribution >= 0.6 is 15.9 Å². The van der Waals surface area contributed by atoms with Gasteiger partial charge < -0.3 is 0 Å². The van der Waals surface area contributed by atoms with E-state index in [9.17, 15) is 0 Å². The van der Waals surface area contributed by atoms with Gasteiger partial charge >= 0.3 is 0 Å². The molecule has 0 aromatic heterocycles. The zero-order valence-electron chi connectivity index (χ0n) is 15.4. The Morgan fingerprint density at radius 2 is 1.10 bits per heavy atom. The van der Waals surface area contributed by atoms with Crippen LogP contribution in [-0.2, 0) is 0 Å². The van der Waals surface area contributed by atoms with Crippen molar-refractivity contribution in [2.75, 3.05) is 0 Å². The number of halogens is 1. The molecule has 1 heteroatoms. The molecule has 0 aliphatic rings. The standard InChI is InChI=1S/C20H39Br/c1-6-7-8-9-10-11-12-13-14-15-16-17-20(5,21)19(4)18(2)3/h6-17H2,1-5H3. The van der Waals surface area contributed by atoms with Crippen molar-refractivity contribution >= 4 is 15.9 Å².